The molecule has 1 saturated heterocycles. The topological polar surface area (TPSA) is 50.1 Å². The van der Waals surface area contributed by atoms with Crippen LogP contribution in [0.4, 0.5) is 0 Å². The van der Waals surface area contributed by atoms with Crippen molar-refractivity contribution in [2.45, 2.75) is 57.4 Å². The maximum atomic E-state index is 9.78. The molecule has 1 aliphatic carbocycles. The third-order valence-electron chi connectivity index (χ3n) is 5.06. The average Bonchev–Trinajstić information content (AvgIpc) is 2.97. The molecule has 0 aromatic carbocycles. The fraction of sp³-hybridized carbons (Fsp3) is 0.812. The Hall–Kier alpha value is -0.870. The predicted molar refractivity (Wildman–Crippen MR) is 79.7 cm³/mol. The van der Waals surface area contributed by atoms with Crippen molar-refractivity contribution < 1.29 is 5.11 Å². The largest absolute Gasteiger partial charge is 0.396 e. The summed E-state index contributed by atoms with van der Waals surface area (Å²) in [4.78, 5) is 0. The summed E-state index contributed by atoms with van der Waals surface area (Å²) >= 11 is 0. The van der Waals surface area contributed by atoms with Gasteiger partial charge < -0.3 is 10.4 Å². The van der Waals surface area contributed by atoms with Gasteiger partial charge in [-0.05, 0) is 38.3 Å². The molecule has 2 fully saturated rings. The second-order valence-corrected chi connectivity index (χ2v) is 6.69. The van der Waals surface area contributed by atoms with E-state index in [0.29, 0.717) is 6.04 Å². The van der Waals surface area contributed by atoms with Gasteiger partial charge in [0.15, 0.2) is 0 Å². The molecule has 0 radical (unpaired) electrons. The number of aliphatic hydroxyl groups excluding tert-OH is 1. The molecule has 1 aliphatic heterocycles. The van der Waals surface area contributed by atoms with Crippen LogP contribution >= 0.6 is 0 Å². The lowest BCUT2D eigenvalue weighted by atomic mass is 9.78. The SMILES string of the molecule is OCC1(Cc2ccn(C3CCCCC3)n2)CCCNC1. The van der Waals surface area contributed by atoms with Crippen molar-refractivity contribution in [3.8, 4) is 0 Å². The van der Waals surface area contributed by atoms with E-state index in [-0.39, 0.29) is 12.0 Å². The normalized spacial score (nSPS) is 28.6. The quantitative estimate of drug-likeness (QED) is 0.888. The third-order valence-corrected chi connectivity index (χ3v) is 5.06. The Bertz CT molecular complexity index is 417. The van der Waals surface area contributed by atoms with Gasteiger partial charge in [0.05, 0.1) is 18.3 Å². The summed E-state index contributed by atoms with van der Waals surface area (Å²) in [7, 11) is 0. The van der Waals surface area contributed by atoms with Crippen LogP contribution in [-0.4, -0.2) is 34.6 Å². The summed E-state index contributed by atoms with van der Waals surface area (Å²) in [6.07, 6.45) is 11.9. The summed E-state index contributed by atoms with van der Waals surface area (Å²) in [5, 5.41) is 18.0. The number of nitrogens with zero attached hydrogens (tertiary/aromatic N) is 2. The van der Waals surface area contributed by atoms with Crippen LogP contribution in [-0.2, 0) is 6.42 Å². The zero-order chi connectivity index (χ0) is 13.8. The van der Waals surface area contributed by atoms with Gasteiger partial charge in [-0.25, -0.2) is 0 Å². The van der Waals surface area contributed by atoms with E-state index >= 15 is 0 Å². The molecule has 1 saturated carbocycles. The number of aliphatic hydroxyl groups is 1. The molecule has 1 aromatic rings. The highest BCUT2D eigenvalue weighted by Gasteiger charge is 2.32. The monoisotopic (exact) mass is 277 g/mol. The Morgan fingerprint density at radius 2 is 2.15 bits per heavy atom. The van der Waals surface area contributed by atoms with E-state index in [4.69, 9.17) is 5.10 Å². The lowest BCUT2D eigenvalue weighted by molar-refractivity contribution is 0.0935. The summed E-state index contributed by atoms with van der Waals surface area (Å²) in [5.74, 6) is 0. The molecule has 3 rings (SSSR count). The van der Waals surface area contributed by atoms with Crippen LogP contribution in [0.15, 0.2) is 12.3 Å². The van der Waals surface area contributed by atoms with Crippen LogP contribution in [0.3, 0.4) is 0 Å². The van der Waals surface area contributed by atoms with E-state index < -0.39 is 0 Å². The molecule has 2 N–H and O–H groups in total. The second kappa shape index (κ2) is 6.27. The Balaban J connectivity index is 1.66. The van der Waals surface area contributed by atoms with Gasteiger partial charge in [0, 0.05) is 24.6 Å². The van der Waals surface area contributed by atoms with Crippen LogP contribution < -0.4 is 5.32 Å². The maximum Gasteiger partial charge on any atom is 0.0631 e. The first-order chi connectivity index (χ1) is 9.81. The van der Waals surface area contributed by atoms with Crippen LogP contribution in [0.25, 0.3) is 0 Å². The minimum atomic E-state index is 0.00397. The second-order valence-electron chi connectivity index (χ2n) is 6.69. The van der Waals surface area contributed by atoms with Crippen LogP contribution in [0, 0.1) is 5.41 Å². The van der Waals surface area contributed by atoms with Crippen LogP contribution in [0.5, 0.6) is 0 Å². The van der Waals surface area contributed by atoms with Gasteiger partial charge in [-0.15, -0.1) is 0 Å². The van der Waals surface area contributed by atoms with Crippen molar-refractivity contribution in [2.24, 2.45) is 5.41 Å². The summed E-state index contributed by atoms with van der Waals surface area (Å²) in [5.41, 5.74) is 1.15. The molecule has 0 bridgehead atoms. The molecule has 4 nitrogen and oxygen atoms in total. The number of rotatable bonds is 4. The minimum Gasteiger partial charge on any atom is -0.396 e. The fourth-order valence-electron chi connectivity index (χ4n) is 3.78. The number of nitrogens with one attached hydrogen (secondary N) is 1. The van der Waals surface area contributed by atoms with E-state index in [2.05, 4.69) is 22.3 Å². The third kappa shape index (κ3) is 3.07. The molecule has 112 valence electrons. The number of hydrogen-bond donors (Lipinski definition) is 2. The lowest BCUT2D eigenvalue weighted by Gasteiger charge is -2.35. The summed E-state index contributed by atoms with van der Waals surface area (Å²) in [6.45, 7) is 2.26. The first-order valence-electron chi connectivity index (χ1n) is 8.17. The molecule has 2 heterocycles. The standard InChI is InChI=1S/C16H27N3O/c20-13-16(8-4-9-17-12-16)11-14-7-10-19(18-14)15-5-2-1-3-6-15/h7,10,15,17,20H,1-6,8-9,11-13H2. The first kappa shape index (κ1) is 14.1. The van der Waals surface area contributed by atoms with E-state index in [9.17, 15) is 5.11 Å². The highest BCUT2D eigenvalue weighted by Crippen LogP contribution is 2.31. The number of hydrogen-bond acceptors (Lipinski definition) is 3. The van der Waals surface area contributed by atoms with Crippen molar-refractivity contribution in [2.75, 3.05) is 19.7 Å². The molecule has 4 heteroatoms. The van der Waals surface area contributed by atoms with Crippen LogP contribution in [0.1, 0.15) is 56.7 Å². The van der Waals surface area contributed by atoms with Gasteiger partial charge >= 0.3 is 0 Å². The van der Waals surface area contributed by atoms with Crippen molar-refractivity contribution in [1.82, 2.24) is 15.1 Å². The Kier molecular flexibility index (Phi) is 4.41. The molecular weight excluding hydrogens is 250 g/mol. The predicted octanol–water partition coefficient (Wildman–Crippen LogP) is 2.29. The number of piperidine rings is 1. The van der Waals surface area contributed by atoms with Gasteiger partial charge in [-0.3, -0.25) is 4.68 Å². The van der Waals surface area contributed by atoms with Crippen molar-refractivity contribution in [3.63, 3.8) is 0 Å². The van der Waals surface area contributed by atoms with E-state index in [0.717, 1.165) is 38.0 Å². The minimum absolute atomic E-state index is 0.00397. The van der Waals surface area contributed by atoms with E-state index in [1.54, 1.807) is 0 Å². The number of aromatic nitrogens is 2. The highest BCUT2D eigenvalue weighted by atomic mass is 16.3. The molecule has 1 unspecified atom stereocenters. The van der Waals surface area contributed by atoms with Gasteiger partial charge in [-0.2, -0.15) is 5.10 Å². The first-order valence-corrected chi connectivity index (χ1v) is 8.17. The van der Waals surface area contributed by atoms with Gasteiger partial charge in [-0.1, -0.05) is 19.3 Å². The van der Waals surface area contributed by atoms with Crippen molar-refractivity contribution in [3.05, 3.63) is 18.0 Å². The lowest BCUT2D eigenvalue weighted by Crippen LogP contribution is -2.44. The maximum absolute atomic E-state index is 9.78. The zero-order valence-electron chi connectivity index (χ0n) is 12.4. The average molecular weight is 277 g/mol. The molecule has 1 aromatic heterocycles. The molecule has 2 aliphatic rings. The van der Waals surface area contributed by atoms with Crippen LogP contribution in [0.2, 0.25) is 0 Å². The Morgan fingerprint density at radius 3 is 2.85 bits per heavy atom. The van der Waals surface area contributed by atoms with E-state index in [1.165, 1.54) is 32.1 Å². The zero-order valence-corrected chi connectivity index (χ0v) is 12.4. The molecule has 20 heavy (non-hydrogen) atoms. The smallest absolute Gasteiger partial charge is 0.0631 e. The Morgan fingerprint density at radius 1 is 1.30 bits per heavy atom. The van der Waals surface area contributed by atoms with Gasteiger partial charge in [0.1, 0.15) is 0 Å². The Labute approximate surface area is 121 Å². The summed E-state index contributed by atoms with van der Waals surface area (Å²) in [6, 6.07) is 2.76. The molecule has 1 atom stereocenters. The summed E-state index contributed by atoms with van der Waals surface area (Å²) < 4.78 is 2.18. The molecule has 0 spiro atoms. The van der Waals surface area contributed by atoms with Crippen molar-refractivity contribution in [1.29, 1.82) is 0 Å². The van der Waals surface area contributed by atoms with E-state index in [1.807, 2.05) is 0 Å². The van der Waals surface area contributed by atoms with Gasteiger partial charge in [0.2, 0.25) is 0 Å². The highest BCUT2D eigenvalue weighted by molar-refractivity contribution is 5.05. The van der Waals surface area contributed by atoms with Gasteiger partial charge in [0.25, 0.3) is 0 Å². The fourth-order valence-corrected chi connectivity index (χ4v) is 3.78. The molecule has 0 amide bonds. The molecular formula is C16H27N3O. The van der Waals surface area contributed by atoms with Crippen molar-refractivity contribution >= 4 is 0 Å².